The molecule has 1 aromatic carbocycles. The number of hydrogen-bond donors (Lipinski definition) is 1. The van der Waals surface area contributed by atoms with Crippen molar-refractivity contribution < 1.29 is 9.15 Å². The standard InChI is InChI=1S/C16H21NO2/c1-4-17-16(15-6-5-11-18-15)13-7-9-14(10-8-13)19-12(2)3/h5-12,16-17H,4H2,1-3H3. The predicted molar refractivity (Wildman–Crippen MR) is 76.4 cm³/mol. The molecule has 3 nitrogen and oxygen atoms in total. The summed E-state index contributed by atoms with van der Waals surface area (Å²) in [6.07, 6.45) is 1.90. The van der Waals surface area contributed by atoms with Gasteiger partial charge in [-0.15, -0.1) is 0 Å². The fourth-order valence-electron chi connectivity index (χ4n) is 2.05. The summed E-state index contributed by atoms with van der Waals surface area (Å²) in [7, 11) is 0. The molecule has 0 spiro atoms. The first kappa shape index (κ1) is 13.7. The fraction of sp³-hybridized carbons (Fsp3) is 0.375. The zero-order chi connectivity index (χ0) is 13.7. The Morgan fingerprint density at radius 3 is 2.42 bits per heavy atom. The third-order valence-electron chi connectivity index (χ3n) is 2.82. The SMILES string of the molecule is CCNC(c1ccc(OC(C)C)cc1)c1ccco1. The van der Waals surface area contributed by atoms with Crippen LogP contribution >= 0.6 is 0 Å². The van der Waals surface area contributed by atoms with Gasteiger partial charge < -0.3 is 14.5 Å². The smallest absolute Gasteiger partial charge is 0.125 e. The van der Waals surface area contributed by atoms with Crippen LogP contribution < -0.4 is 10.1 Å². The first-order valence-electron chi connectivity index (χ1n) is 6.74. The molecule has 19 heavy (non-hydrogen) atoms. The van der Waals surface area contributed by atoms with Gasteiger partial charge in [0.1, 0.15) is 11.5 Å². The van der Waals surface area contributed by atoms with Crippen LogP contribution in [0.4, 0.5) is 0 Å². The number of ether oxygens (including phenoxy) is 1. The molecule has 1 heterocycles. The fourth-order valence-corrected chi connectivity index (χ4v) is 2.05. The Morgan fingerprint density at radius 1 is 1.16 bits per heavy atom. The lowest BCUT2D eigenvalue weighted by molar-refractivity contribution is 0.242. The van der Waals surface area contributed by atoms with Gasteiger partial charge in [0.25, 0.3) is 0 Å². The van der Waals surface area contributed by atoms with Gasteiger partial charge in [-0.25, -0.2) is 0 Å². The quantitative estimate of drug-likeness (QED) is 0.857. The Hall–Kier alpha value is -1.74. The molecule has 0 fully saturated rings. The molecule has 0 bridgehead atoms. The highest BCUT2D eigenvalue weighted by Gasteiger charge is 2.15. The summed E-state index contributed by atoms with van der Waals surface area (Å²) < 4.78 is 11.2. The van der Waals surface area contributed by atoms with E-state index in [9.17, 15) is 0 Å². The molecular weight excluding hydrogens is 238 g/mol. The van der Waals surface area contributed by atoms with Gasteiger partial charge in [-0.2, -0.15) is 0 Å². The van der Waals surface area contributed by atoms with Crippen LogP contribution in [0.5, 0.6) is 5.75 Å². The van der Waals surface area contributed by atoms with Crippen molar-refractivity contribution in [3.8, 4) is 5.75 Å². The maximum atomic E-state index is 5.66. The van der Waals surface area contributed by atoms with Crippen LogP contribution in [0.1, 0.15) is 38.1 Å². The van der Waals surface area contributed by atoms with Crippen LogP contribution in [-0.4, -0.2) is 12.6 Å². The van der Waals surface area contributed by atoms with E-state index >= 15 is 0 Å². The Bertz CT molecular complexity index is 474. The van der Waals surface area contributed by atoms with Gasteiger partial charge in [-0.1, -0.05) is 19.1 Å². The van der Waals surface area contributed by atoms with E-state index in [1.54, 1.807) is 6.26 Å². The minimum Gasteiger partial charge on any atom is -0.491 e. The zero-order valence-electron chi connectivity index (χ0n) is 11.7. The van der Waals surface area contributed by atoms with Crippen molar-refractivity contribution in [2.24, 2.45) is 0 Å². The second-order valence-electron chi connectivity index (χ2n) is 4.74. The summed E-state index contributed by atoms with van der Waals surface area (Å²) in [6, 6.07) is 12.2. The average Bonchev–Trinajstić information content (AvgIpc) is 2.90. The van der Waals surface area contributed by atoms with Gasteiger partial charge in [-0.05, 0) is 50.2 Å². The first-order valence-corrected chi connectivity index (χ1v) is 6.74. The molecule has 0 aliphatic heterocycles. The molecule has 1 unspecified atom stereocenters. The first-order chi connectivity index (χ1) is 9.20. The van der Waals surface area contributed by atoms with Crippen LogP contribution in [0, 0.1) is 0 Å². The summed E-state index contributed by atoms with van der Waals surface area (Å²) in [5, 5.41) is 3.43. The van der Waals surface area contributed by atoms with Gasteiger partial charge >= 0.3 is 0 Å². The van der Waals surface area contributed by atoms with E-state index in [1.807, 2.05) is 38.1 Å². The van der Waals surface area contributed by atoms with E-state index in [2.05, 4.69) is 24.4 Å². The van der Waals surface area contributed by atoms with Crippen LogP contribution in [0.3, 0.4) is 0 Å². The summed E-state index contributed by atoms with van der Waals surface area (Å²) in [4.78, 5) is 0. The summed E-state index contributed by atoms with van der Waals surface area (Å²) in [5.74, 6) is 1.83. The molecule has 0 amide bonds. The predicted octanol–water partition coefficient (Wildman–Crippen LogP) is 3.77. The van der Waals surface area contributed by atoms with Crippen molar-refractivity contribution in [1.29, 1.82) is 0 Å². The van der Waals surface area contributed by atoms with Crippen molar-refractivity contribution in [3.63, 3.8) is 0 Å². The average molecular weight is 259 g/mol. The molecule has 1 aromatic heterocycles. The molecule has 1 N–H and O–H groups in total. The Morgan fingerprint density at radius 2 is 1.89 bits per heavy atom. The van der Waals surface area contributed by atoms with E-state index < -0.39 is 0 Å². The number of benzene rings is 1. The van der Waals surface area contributed by atoms with Crippen LogP contribution in [-0.2, 0) is 0 Å². The molecule has 0 aliphatic rings. The van der Waals surface area contributed by atoms with E-state index in [-0.39, 0.29) is 12.1 Å². The minimum atomic E-state index is 0.0908. The Kier molecular flexibility index (Phi) is 4.63. The summed E-state index contributed by atoms with van der Waals surface area (Å²) in [5.41, 5.74) is 1.17. The second-order valence-corrected chi connectivity index (χ2v) is 4.74. The minimum absolute atomic E-state index is 0.0908. The third-order valence-corrected chi connectivity index (χ3v) is 2.82. The maximum Gasteiger partial charge on any atom is 0.125 e. The zero-order valence-corrected chi connectivity index (χ0v) is 11.7. The summed E-state index contributed by atoms with van der Waals surface area (Å²) in [6.45, 7) is 7.03. The van der Waals surface area contributed by atoms with Gasteiger partial charge in [0.05, 0.1) is 18.4 Å². The van der Waals surface area contributed by atoms with Crippen molar-refractivity contribution in [2.75, 3.05) is 6.54 Å². The molecule has 0 aliphatic carbocycles. The number of furan rings is 1. The van der Waals surface area contributed by atoms with Gasteiger partial charge in [0, 0.05) is 0 Å². The van der Waals surface area contributed by atoms with Gasteiger partial charge in [0.15, 0.2) is 0 Å². The highest BCUT2D eigenvalue weighted by atomic mass is 16.5. The molecule has 2 aromatic rings. The van der Waals surface area contributed by atoms with Gasteiger partial charge in [-0.3, -0.25) is 0 Å². The molecule has 1 atom stereocenters. The lowest BCUT2D eigenvalue weighted by atomic mass is 10.0. The number of nitrogens with one attached hydrogen (secondary N) is 1. The molecular formula is C16H21NO2. The second kappa shape index (κ2) is 6.43. The number of rotatable bonds is 6. The molecule has 3 heteroatoms. The molecule has 0 saturated carbocycles. The third kappa shape index (κ3) is 3.61. The van der Waals surface area contributed by atoms with E-state index in [0.717, 1.165) is 18.1 Å². The monoisotopic (exact) mass is 259 g/mol. The van der Waals surface area contributed by atoms with Crippen LogP contribution in [0.2, 0.25) is 0 Å². The van der Waals surface area contributed by atoms with Crippen molar-refractivity contribution in [2.45, 2.75) is 32.9 Å². The van der Waals surface area contributed by atoms with E-state index in [1.165, 1.54) is 5.56 Å². The summed E-state index contributed by atoms with van der Waals surface area (Å²) >= 11 is 0. The lowest BCUT2D eigenvalue weighted by Gasteiger charge is -2.17. The van der Waals surface area contributed by atoms with Crippen molar-refractivity contribution >= 4 is 0 Å². The van der Waals surface area contributed by atoms with Crippen LogP contribution in [0.25, 0.3) is 0 Å². The molecule has 0 radical (unpaired) electrons. The van der Waals surface area contributed by atoms with Crippen molar-refractivity contribution in [1.82, 2.24) is 5.32 Å². The molecule has 0 saturated heterocycles. The highest BCUT2D eigenvalue weighted by Crippen LogP contribution is 2.24. The largest absolute Gasteiger partial charge is 0.491 e. The highest BCUT2D eigenvalue weighted by molar-refractivity contribution is 5.32. The number of hydrogen-bond acceptors (Lipinski definition) is 3. The maximum absolute atomic E-state index is 5.66. The normalized spacial score (nSPS) is 12.6. The Labute approximate surface area is 114 Å². The van der Waals surface area contributed by atoms with E-state index in [4.69, 9.17) is 9.15 Å². The molecule has 102 valence electrons. The van der Waals surface area contributed by atoms with Crippen LogP contribution in [0.15, 0.2) is 47.1 Å². The van der Waals surface area contributed by atoms with Gasteiger partial charge in [0.2, 0.25) is 0 Å². The van der Waals surface area contributed by atoms with Crippen molar-refractivity contribution in [3.05, 3.63) is 54.0 Å². The molecule has 2 rings (SSSR count). The topological polar surface area (TPSA) is 34.4 Å². The Balaban J connectivity index is 2.18. The lowest BCUT2D eigenvalue weighted by Crippen LogP contribution is -2.21. The van der Waals surface area contributed by atoms with E-state index in [0.29, 0.717) is 0 Å².